The average molecular weight is 487 g/mol. The normalized spacial score (nSPS) is 19.7. The first-order valence-corrected chi connectivity index (χ1v) is 12.3. The molecule has 3 amide bonds. The lowest BCUT2D eigenvalue weighted by Crippen LogP contribution is -2.53. The summed E-state index contributed by atoms with van der Waals surface area (Å²) in [5.41, 5.74) is 0. The molecule has 1 aromatic rings. The topological polar surface area (TPSA) is 125 Å². The van der Waals surface area contributed by atoms with E-state index in [4.69, 9.17) is 16.3 Å². The Morgan fingerprint density at radius 1 is 1.09 bits per heavy atom. The molecular formula is C20H27ClN4O6S. The van der Waals surface area contributed by atoms with Crippen molar-refractivity contribution in [3.8, 4) is 0 Å². The molecule has 0 saturated carbocycles. The van der Waals surface area contributed by atoms with Crippen LogP contribution >= 0.6 is 11.6 Å². The number of nitrogens with zero attached hydrogens (tertiary/aromatic N) is 2. The number of carbonyl (C=O) groups is 3. The number of likely N-dealkylation sites (tertiary alicyclic amines) is 1. The van der Waals surface area contributed by atoms with Gasteiger partial charge in [0.2, 0.25) is 15.9 Å². The first-order valence-electron chi connectivity index (χ1n) is 10.5. The molecule has 0 spiro atoms. The molecule has 2 saturated heterocycles. The molecule has 2 N–H and O–H groups in total. The van der Waals surface area contributed by atoms with E-state index in [-0.39, 0.29) is 30.4 Å². The molecule has 12 heteroatoms. The Labute approximate surface area is 192 Å². The summed E-state index contributed by atoms with van der Waals surface area (Å²) in [6, 6.07) is 5.79. The van der Waals surface area contributed by atoms with Gasteiger partial charge in [0.05, 0.1) is 18.0 Å². The molecule has 2 aliphatic heterocycles. The van der Waals surface area contributed by atoms with E-state index in [1.54, 1.807) is 4.90 Å². The zero-order valence-electron chi connectivity index (χ0n) is 17.6. The van der Waals surface area contributed by atoms with E-state index in [9.17, 15) is 22.8 Å². The zero-order chi connectivity index (χ0) is 23.1. The van der Waals surface area contributed by atoms with Gasteiger partial charge in [-0.25, -0.2) is 8.42 Å². The second kappa shape index (κ2) is 11.1. The summed E-state index contributed by atoms with van der Waals surface area (Å²) in [6.07, 6.45) is 1.54. The minimum absolute atomic E-state index is 0.0675. The predicted molar refractivity (Wildman–Crippen MR) is 116 cm³/mol. The maximum Gasteiger partial charge on any atom is 0.309 e. The van der Waals surface area contributed by atoms with E-state index >= 15 is 0 Å². The van der Waals surface area contributed by atoms with Crippen LogP contribution in [0.5, 0.6) is 0 Å². The van der Waals surface area contributed by atoms with Crippen molar-refractivity contribution < 1.29 is 27.5 Å². The Balaban J connectivity index is 1.48. The lowest BCUT2D eigenvalue weighted by atomic mass is 10.3. The van der Waals surface area contributed by atoms with Gasteiger partial charge in [-0.15, -0.1) is 0 Å². The number of halogens is 1. The van der Waals surface area contributed by atoms with Crippen LogP contribution in [0.3, 0.4) is 0 Å². The minimum Gasteiger partial charge on any atom is -0.360 e. The third-order valence-corrected chi connectivity index (χ3v) is 7.43. The number of sulfonamides is 1. The lowest BCUT2D eigenvalue weighted by Gasteiger charge is -2.34. The van der Waals surface area contributed by atoms with Crippen LogP contribution in [0.2, 0.25) is 5.02 Å². The Morgan fingerprint density at radius 3 is 2.50 bits per heavy atom. The van der Waals surface area contributed by atoms with Crippen LogP contribution in [-0.2, 0) is 29.1 Å². The number of hydrogen-bond acceptors (Lipinski definition) is 6. The van der Waals surface area contributed by atoms with Crippen molar-refractivity contribution in [3.63, 3.8) is 0 Å². The van der Waals surface area contributed by atoms with Crippen molar-refractivity contribution in [1.29, 1.82) is 0 Å². The van der Waals surface area contributed by atoms with E-state index in [0.717, 1.165) is 13.0 Å². The Hall–Kier alpha value is -2.21. The average Bonchev–Trinajstić information content (AvgIpc) is 3.20. The molecule has 2 aliphatic rings. The summed E-state index contributed by atoms with van der Waals surface area (Å²) < 4.78 is 32.7. The maximum atomic E-state index is 13.0. The Bertz CT molecular complexity index is 940. The molecule has 0 aliphatic carbocycles. The molecule has 0 bridgehead atoms. The van der Waals surface area contributed by atoms with Crippen molar-refractivity contribution in [1.82, 2.24) is 19.8 Å². The number of benzene rings is 1. The second-order valence-electron chi connectivity index (χ2n) is 7.55. The van der Waals surface area contributed by atoms with Gasteiger partial charge in [-0.1, -0.05) is 11.6 Å². The lowest BCUT2D eigenvalue weighted by molar-refractivity contribution is -0.140. The highest BCUT2D eigenvalue weighted by molar-refractivity contribution is 7.89. The highest BCUT2D eigenvalue weighted by atomic mass is 35.5. The van der Waals surface area contributed by atoms with E-state index in [2.05, 4.69) is 10.6 Å². The number of ether oxygens (including phenoxy) is 1. The first-order chi connectivity index (χ1) is 15.3. The van der Waals surface area contributed by atoms with Gasteiger partial charge in [0.1, 0.15) is 6.23 Å². The van der Waals surface area contributed by atoms with Gasteiger partial charge in [0.15, 0.2) is 0 Å². The van der Waals surface area contributed by atoms with Gasteiger partial charge in [0, 0.05) is 37.6 Å². The molecule has 0 aromatic heterocycles. The number of carbonyl (C=O) groups excluding carboxylic acids is 3. The summed E-state index contributed by atoms with van der Waals surface area (Å²) in [5, 5.41) is 5.36. The Kier molecular flexibility index (Phi) is 8.46. The standard InChI is InChI=1S/C20H27ClN4O6S/c21-15-5-7-16(8-6-15)32(29,30)25-12-3-13-31-18(25)14-23-20(28)19(27)22-9-2-11-24-10-1-4-17(24)26/h5-8,18H,1-4,9-14H2,(H,22,27)(H,23,28)/t18-/m1/s1. The number of amides is 3. The van der Waals surface area contributed by atoms with Gasteiger partial charge in [0.25, 0.3) is 0 Å². The molecule has 1 atom stereocenters. The highest BCUT2D eigenvalue weighted by Crippen LogP contribution is 2.23. The second-order valence-corrected chi connectivity index (χ2v) is 9.88. The fourth-order valence-corrected chi connectivity index (χ4v) is 5.29. The number of rotatable bonds is 8. The van der Waals surface area contributed by atoms with E-state index in [0.29, 0.717) is 37.4 Å². The van der Waals surface area contributed by atoms with Crippen LogP contribution in [0, 0.1) is 0 Å². The number of hydrogen-bond donors (Lipinski definition) is 2. The summed E-state index contributed by atoms with van der Waals surface area (Å²) >= 11 is 5.84. The minimum atomic E-state index is -3.86. The van der Waals surface area contributed by atoms with Crippen molar-refractivity contribution >= 4 is 39.3 Å². The van der Waals surface area contributed by atoms with Gasteiger partial charge < -0.3 is 20.3 Å². The quantitative estimate of drug-likeness (QED) is 0.403. The van der Waals surface area contributed by atoms with E-state index in [1.807, 2.05) is 0 Å². The molecule has 2 heterocycles. The molecule has 176 valence electrons. The fourth-order valence-electron chi connectivity index (χ4n) is 3.60. The van der Waals surface area contributed by atoms with Crippen LogP contribution in [0.15, 0.2) is 29.2 Å². The Morgan fingerprint density at radius 2 is 1.81 bits per heavy atom. The van der Waals surface area contributed by atoms with Crippen molar-refractivity contribution in [2.45, 2.75) is 36.8 Å². The largest absolute Gasteiger partial charge is 0.360 e. The smallest absolute Gasteiger partial charge is 0.309 e. The van der Waals surface area contributed by atoms with E-state index in [1.165, 1.54) is 28.6 Å². The molecule has 0 unspecified atom stereocenters. The van der Waals surface area contributed by atoms with E-state index < -0.39 is 28.1 Å². The molecule has 32 heavy (non-hydrogen) atoms. The van der Waals surface area contributed by atoms with Gasteiger partial charge in [-0.05, 0) is 43.5 Å². The van der Waals surface area contributed by atoms with Gasteiger partial charge in [-0.3, -0.25) is 14.4 Å². The summed E-state index contributed by atoms with van der Waals surface area (Å²) in [6.45, 7) is 1.92. The van der Waals surface area contributed by atoms with Crippen LogP contribution in [-0.4, -0.2) is 80.9 Å². The molecular weight excluding hydrogens is 460 g/mol. The molecule has 1 aromatic carbocycles. The summed E-state index contributed by atoms with van der Waals surface area (Å²) in [4.78, 5) is 37.5. The third kappa shape index (κ3) is 6.18. The maximum absolute atomic E-state index is 13.0. The van der Waals surface area contributed by atoms with Crippen LogP contribution < -0.4 is 10.6 Å². The van der Waals surface area contributed by atoms with Gasteiger partial charge in [-0.2, -0.15) is 4.31 Å². The number of nitrogens with one attached hydrogen (secondary N) is 2. The van der Waals surface area contributed by atoms with Crippen LogP contribution in [0.25, 0.3) is 0 Å². The monoisotopic (exact) mass is 486 g/mol. The SMILES string of the molecule is O=C(NCCCN1CCCC1=O)C(=O)NC[C@H]1OCCCN1S(=O)(=O)c1ccc(Cl)cc1. The highest BCUT2D eigenvalue weighted by Gasteiger charge is 2.35. The predicted octanol–water partition coefficient (Wildman–Crippen LogP) is 0.322. The van der Waals surface area contributed by atoms with Crippen molar-refractivity contribution in [2.24, 2.45) is 0 Å². The first kappa shape index (κ1) is 24.4. The van der Waals surface area contributed by atoms with Crippen LogP contribution in [0.1, 0.15) is 25.7 Å². The summed E-state index contributed by atoms with van der Waals surface area (Å²) in [7, 11) is -3.86. The molecule has 10 nitrogen and oxygen atoms in total. The van der Waals surface area contributed by atoms with Crippen molar-refractivity contribution in [3.05, 3.63) is 29.3 Å². The molecule has 3 rings (SSSR count). The summed E-state index contributed by atoms with van der Waals surface area (Å²) in [5.74, 6) is -1.58. The molecule has 2 fully saturated rings. The van der Waals surface area contributed by atoms with Crippen LogP contribution in [0.4, 0.5) is 0 Å². The fraction of sp³-hybridized carbons (Fsp3) is 0.550. The molecule has 0 radical (unpaired) electrons. The third-order valence-electron chi connectivity index (χ3n) is 5.28. The zero-order valence-corrected chi connectivity index (χ0v) is 19.2. The van der Waals surface area contributed by atoms with Gasteiger partial charge >= 0.3 is 11.8 Å². The van der Waals surface area contributed by atoms with Crippen molar-refractivity contribution in [2.75, 3.05) is 39.3 Å².